The molecule has 5 heteroatoms. The number of furan rings is 1. The monoisotopic (exact) mass is 384 g/mol. The molecule has 0 atom stereocenters. The molecule has 1 fully saturated rings. The molecule has 1 aromatic heterocycles. The lowest BCUT2D eigenvalue weighted by molar-refractivity contribution is 0.0911. The summed E-state index contributed by atoms with van der Waals surface area (Å²) < 4.78 is 10.9. The van der Waals surface area contributed by atoms with Gasteiger partial charge in [-0.3, -0.25) is 9.69 Å². The fraction of sp³-hybridized carbons (Fsp3) is 0.522. The Bertz CT molecular complexity index is 708. The number of carbonyl (C=O) groups is 1. The zero-order valence-electron chi connectivity index (χ0n) is 16.9. The van der Waals surface area contributed by atoms with Gasteiger partial charge in [-0.1, -0.05) is 49.6 Å². The summed E-state index contributed by atoms with van der Waals surface area (Å²) in [6, 6.07) is 14.9. The van der Waals surface area contributed by atoms with Crippen molar-refractivity contribution in [3.63, 3.8) is 0 Å². The molecule has 1 N–H and O–H groups in total. The number of methoxy groups -OCH3 is 1. The van der Waals surface area contributed by atoms with Crippen LogP contribution in [0.2, 0.25) is 0 Å². The van der Waals surface area contributed by atoms with E-state index in [0.717, 1.165) is 25.3 Å². The summed E-state index contributed by atoms with van der Waals surface area (Å²) >= 11 is 0. The number of nitrogens with zero attached hydrogens (tertiary/aromatic N) is 1. The molecule has 2 aromatic rings. The van der Waals surface area contributed by atoms with Gasteiger partial charge in [0, 0.05) is 32.8 Å². The minimum Gasteiger partial charge on any atom is -0.455 e. The molecule has 1 heterocycles. The Kier molecular flexibility index (Phi) is 8.12. The van der Waals surface area contributed by atoms with Crippen molar-refractivity contribution >= 4 is 5.91 Å². The average molecular weight is 385 g/mol. The third-order valence-electron chi connectivity index (χ3n) is 5.37. The quantitative estimate of drug-likeness (QED) is 0.618. The second-order valence-corrected chi connectivity index (χ2v) is 7.55. The van der Waals surface area contributed by atoms with Crippen molar-refractivity contribution in [1.29, 1.82) is 0 Å². The molecule has 1 aliphatic carbocycles. The molecule has 1 amide bonds. The maximum Gasteiger partial charge on any atom is 0.286 e. The van der Waals surface area contributed by atoms with Gasteiger partial charge in [0.2, 0.25) is 0 Å². The number of rotatable bonds is 10. The van der Waals surface area contributed by atoms with Crippen LogP contribution in [0.3, 0.4) is 0 Å². The summed E-state index contributed by atoms with van der Waals surface area (Å²) in [7, 11) is 1.66. The molecule has 0 saturated heterocycles. The Hall–Kier alpha value is -2.11. The number of amides is 1. The smallest absolute Gasteiger partial charge is 0.286 e. The summed E-state index contributed by atoms with van der Waals surface area (Å²) in [6.45, 7) is 2.87. The molecule has 0 spiro atoms. The first kappa shape index (κ1) is 20.6. The third-order valence-corrected chi connectivity index (χ3v) is 5.37. The summed E-state index contributed by atoms with van der Waals surface area (Å²) in [6.07, 6.45) is 7.19. The van der Waals surface area contributed by atoms with Crippen molar-refractivity contribution in [2.75, 3.05) is 20.3 Å². The fourth-order valence-electron chi connectivity index (χ4n) is 3.87. The van der Waals surface area contributed by atoms with Crippen LogP contribution in [0.1, 0.15) is 60.4 Å². The molecule has 0 unspecified atom stereocenters. The lowest BCUT2D eigenvalue weighted by atomic mass is 9.93. The SMILES string of the molecule is COCCCNC(=O)c1ccc(CN(Cc2ccccc2)C2CCCCC2)o1. The van der Waals surface area contributed by atoms with E-state index < -0.39 is 0 Å². The zero-order valence-corrected chi connectivity index (χ0v) is 16.9. The Morgan fingerprint density at radius 2 is 1.89 bits per heavy atom. The number of benzene rings is 1. The van der Waals surface area contributed by atoms with E-state index in [-0.39, 0.29) is 5.91 Å². The van der Waals surface area contributed by atoms with Crippen molar-refractivity contribution in [2.24, 2.45) is 0 Å². The van der Waals surface area contributed by atoms with E-state index >= 15 is 0 Å². The van der Waals surface area contributed by atoms with E-state index in [9.17, 15) is 4.79 Å². The van der Waals surface area contributed by atoms with Crippen LogP contribution in [-0.2, 0) is 17.8 Å². The molecule has 28 heavy (non-hydrogen) atoms. The van der Waals surface area contributed by atoms with E-state index in [2.05, 4.69) is 40.5 Å². The topological polar surface area (TPSA) is 54.7 Å². The highest BCUT2D eigenvalue weighted by Crippen LogP contribution is 2.26. The average Bonchev–Trinajstić information content (AvgIpc) is 3.21. The van der Waals surface area contributed by atoms with Gasteiger partial charge in [0.25, 0.3) is 5.91 Å². The van der Waals surface area contributed by atoms with Crippen LogP contribution >= 0.6 is 0 Å². The molecule has 1 aliphatic rings. The molecule has 1 saturated carbocycles. The summed E-state index contributed by atoms with van der Waals surface area (Å²) in [4.78, 5) is 14.7. The largest absolute Gasteiger partial charge is 0.455 e. The first-order valence-corrected chi connectivity index (χ1v) is 10.4. The van der Waals surface area contributed by atoms with Gasteiger partial charge in [0.1, 0.15) is 5.76 Å². The summed E-state index contributed by atoms with van der Waals surface area (Å²) in [5, 5.41) is 2.88. The number of ether oxygens (including phenoxy) is 1. The van der Waals surface area contributed by atoms with Crippen LogP contribution in [-0.4, -0.2) is 37.1 Å². The van der Waals surface area contributed by atoms with Crippen LogP contribution in [0.15, 0.2) is 46.9 Å². The van der Waals surface area contributed by atoms with Gasteiger partial charge in [0.05, 0.1) is 6.54 Å². The second kappa shape index (κ2) is 11.0. The Morgan fingerprint density at radius 3 is 2.64 bits per heavy atom. The third kappa shape index (κ3) is 6.21. The maximum atomic E-state index is 12.2. The highest BCUT2D eigenvalue weighted by atomic mass is 16.5. The maximum absolute atomic E-state index is 12.2. The molecule has 5 nitrogen and oxygen atoms in total. The van der Waals surface area contributed by atoms with Crippen LogP contribution in [0.5, 0.6) is 0 Å². The van der Waals surface area contributed by atoms with Gasteiger partial charge in [-0.2, -0.15) is 0 Å². The van der Waals surface area contributed by atoms with Gasteiger partial charge in [-0.15, -0.1) is 0 Å². The van der Waals surface area contributed by atoms with Crippen LogP contribution < -0.4 is 5.32 Å². The molecular formula is C23H32N2O3. The predicted octanol–water partition coefficient (Wildman–Crippen LogP) is 4.38. The molecule has 0 bridgehead atoms. The highest BCUT2D eigenvalue weighted by Gasteiger charge is 2.23. The molecule has 152 valence electrons. The van der Waals surface area contributed by atoms with Gasteiger partial charge in [-0.05, 0) is 37.0 Å². The van der Waals surface area contributed by atoms with Gasteiger partial charge >= 0.3 is 0 Å². The predicted molar refractivity (Wildman–Crippen MR) is 110 cm³/mol. The fourth-order valence-corrected chi connectivity index (χ4v) is 3.87. The van der Waals surface area contributed by atoms with Crippen molar-refractivity contribution in [3.05, 3.63) is 59.5 Å². The van der Waals surface area contributed by atoms with Crippen molar-refractivity contribution in [2.45, 2.75) is 57.7 Å². The molecular weight excluding hydrogens is 352 g/mol. The number of hydrogen-bond donors (Lipinski definition) is 1. The standard InChI is InChI=1S/C23H32N2O3/c1-27-16-8-15-24-23(26)22-14-13-21(28-22)18-25(20-11-6-3-7-12-20)17-19-9-4-2-5-10-19/h2,4-5,9-10,13-14,20H,3,6-8,11-12,15-18H2,1H3,(H,24,26). The molecule has 0 radical (unpaired) electrons. The lowest BCUT2D eigenvalue weighted by Crippen LogP contribution is -2.35. The molecule has 3 rings (SSSR count). The molecule has 0 aliphatic heterocycles. The van der Waals surface area contributed by atoms with E-state index in [4.69, 9.17) is 9.15 Å². The van der Waals surface area contributed by atoms with Crippen LogP contribution in [0.4, 0.5) is 0 Å². The normalized spacial score (nSPS) is 15.1. The highest BCUT2D eigenvalue weighted by molar-refractivity contribution is 5.91. The second-order valence-electron chi connectivity index (χ2n) is 7.55. The first-order chi connectivity index (χ1) is 13.8. The number of nitrogens with one attached hydrogen (secondary N) is 1. The van der Waals surface area contributed by atoms with Crippen molar-refractivity contribution in [1.82, 2.24) is 10.2 Å². The molecule has 1 aromatic carbocycles. The van der Waals surface area contributed by atoms with E-state index in [0.29, 0.717) is 25.0 Å². The van der Waals surface area contributed by atoms with Gasteiger partial charge < -0.3 is 14.5 Å². The van der Waals surface area contributed by atoms with E-state index in [1.54, 1.807) is 13.2 Å². The van der Waals surface area contributed by atoms with Crippen molar-refractivity contribution < 1.29 is 13.9 Å². The van der Waals surface area contributed by atoms with Crippen LogP contribution in [0.25, 0.3) is 0 Å². The Morgan fingerprint density at radius 1 is 1.11 bits per heavy atom. The van der Waals surface area contributed by atoms with E-state index in [1.807, 2.05) is 6.07 Å². The Balaban J connectivity index is 1.62. The summed E-state index contributed by atoms with van der Waals surface area (Å²) in [5.74, 6) is 1.08. The first-order valence-electron chi connectivity index (χ1n) is 10.4. The van der Waals surface area contributed by atoms with E-state index in [1.165, 1.54) is 37.7 Å². The minimum atomic E-state index is -0.158. The zero-order chi connectivity index (χ0) is 19.6. The van der Waals surface area contributed by atoms with Crippen molar-refractivity contribution in [3.8, 4) is 0 Å². The summed E-state index contributed by atoms with van der Waals surface area (Å²) in [5.41, 5.74) is 1.32. The van der Waals surface area contributed by atoms with Gasteiger partial charge in [0.15, 0.2) is 5.76 Å². The van der Waals surface area contributed by atoms with Gasteiger partial charge in [-0.25, -0.2) is 0 Å². The minimum absolute atomic E-state index is 0.158. The lowest BCUT2D eigenvalue weighted by Gasteiger charge is -2.33. The van der Waals surface area contributed by atoms with Crippen LogP contribution in [0, 0.1) is 0 Å². The number of carbonyl (C=O) groups excluding carboxylic acids is 1. The number of hydrogen-bond acceptors (Lipinski definition) is 4. The Labute approximate surface area is 168 Å².